The molecular weight excluding hydrogens is 66.0 g/mol. The van der Waals surface area contributed by atoms with Crippen LogP contribution in [0.2, 0.25) is 0 Å². The second kappa shape index (κ2) is 3.47. The van der Waals surface area contributed by atoms with E-state index in [0.717, 1.165) is 0 Å². The summed E-state index contributed by atoms with van der Waals surface area (Å²) >= 11 is 0. The van der Waals surface area contributed by atoms with Gasteiger partial charge in [0.1, 0.15) is 7.11 Å². The predicted molar refractivity (Wildman–Crippen MR) is 21.2 cm³/mol. The molecule has 30 valence electrons. The molecule has 0 spiro atoms. The van der Waals surface area contributed by atoms with Crippen molar-refractivity contribution < 1.29 is 4.84 Å². The minimum Gasteiger partial charge on any atom is -0.399 e. The first kappa shape index (κ1) is 4.47. The van der Waals surface area contributed by atoms with Gasteiger partial charge >= 0.3 is 0 Å². The van der Waals surface area contributed by atoms with Crippen LogP contribution in [0.4, 0.5) is 0 Å². The maximum atomic E-state index is 4.26. The van der Waals surface area contributed by atoms with Crippen molar-refractivity contribution in [3.63, 3.8) is 0 Å². The minimum atomic E-state index is 1.51. The van der Waals surface area contributed by atoms with Crippen LogP contribution >= 0.6 is 0 Å². The van der Waals surface area contributed by atoms with Gasteiger partial charge in [0.2, 0.25) is 0 Å². The average molecular weight is 73.1 g/mol. The molecule has 0 aromatic rings. The van der Waals surface area contributed by atoms with Crippen molar-refractivity contribution in [1.29, 1.82) is 0 Å². The van der Waals surface area contributed by atoms with Crippen LogP contribution in [-0.2, 0) is 4.84 Å². The fourth-order valence-corrected chi connectivity index (χ4v) is 0.105. The molecule has 5 heavy (non-hydrogen) atoms. The lowest BCUT2D eigenvalue weighted by molar-refractivity contribution is 0.215. The van der Waals surface area contributed by atoms with Gasteiger partial charge in [-0.2, -0.15) is 0 Å². The van der Waals surface area contributed by atoms with Crippen LogP contribution in [-0.4, -0.2) is 13.3 Å². The molecule has 0 aliphatic heterocycles. The highest BCUT2D eigenvalue weighted by Gasteiger charge is 1.46. The van der Waals surface area contributed by atoms with Crippen LogP contribution in [0.15, 0.2) is 5.16 Å². The highest BCUT2D eigenvalue weighted by molar-refractivity contribution is 5.52. The second-order valence-electron chi connectivity index (χ2n) is 0.546. The number of hydrogen-bond acceptors (Lipinski definition) is 2. The maximum absolute atomic E-state index is 4.26. The molecule has 0 N–H and O–H groups in total. The van der Waals surface area contributed by atoms with E-state index < -0.39 is 0 Å². The molecule has 0 amide bonds. The van der Waals surface area contributed by atoms with Crippen molar-refractivity contribution in [3.8, 4) is 0 Å². The molecule has 0 heterocycles. The Kier molecular flexibility index (Phi) is 3.10. The molecule has 2 nitrogen and oxygen atoms in total. The summed E-state index contributed by atoms with van der Waals surface area (Å²) in [5.41, 5.74) is 0. The third-order valence-electron chi connectivity index (χ3n) is 0.211. The van der Waals surface area contributed by atoms with Crippen LogP contribution in [0.5, 0.6) is 0 Å². The molecule has 0 saturated carbocycles. The summed E-state index contributed by atoms with van der Waals surface area (Å²) in [5, 5.41) is 3.35. The van der Waals surface area contributed by atoms with Crippen molar-refractivity contribution in [1.82, 2.24) is 0 Å². The van der Waals surface area contributed by atoms with E-state index in [-0.39, 0.29) is 0 Å². The predicted octanol–water partition coefficient (Wildman–Crippen LogP) is 0.639. The Morgan fingerprint density at radius 2 is 2.40 bits per heavy atom. The molecule has 0 bridgehead atoms. The van der Waals surface area contributed by atoms with Gasteiger partial charge in [0.15, 0.2) is 0 Å². The molecule has 0 radical (unpaired) electrons. The Bertz CT molecular complexity index is 33.9. The van der Waals surface area contributed by atoms with E-state index in [2.05, 4.69) is 9.99 Å². The Balaban J connectivity index is 2.62. The Morgan fingerprint density at radius 3 is 2.40 bits per heavy atom. The van der Waals surface area contributed by atoms with Crippen LogP contribution in [0.1, 0.15) is 6.92 Å². The molecule has 0 aliphatic carbocycles. The summed E-state index contributed by atoms with van der Waals surface area (Å²) < 4.78 is 0. The van der Waals surface area contributed by atoms with Gasteiger partial charge in [0, 0.05) is 6.21 Å². The van der Waals surface area contributed by atoms with Crippen LogP contribution in [0, 0.1) is 0 Å². The second-order valence-corrected chi connectivity index (χ2v) is 0.546. The smallest absolute Gasteiger partial charge is 0.106 e. The van der Waals surface area contributed by atoms with E-state index in [4.69, 9.17) is 0 Å². The Morgan fingerprint density at radius 1 is 1.80 bits per heavy atom. The quantitative estimate of drug-likeness (QED) is 0.329. The molecule has 0 unspecified atom stereocenters. The molecule has 0 atom stereocenters. The highest BCUT2D eigenvalue weighted by Crippen LogP contribution is 1.56. The summed E-state index contributed by atoms with van der Waals surface area (Å²) in [6.07, 6.45) is 1.58. The standard InChI is InChI=1S/C3H7NO/c1-3-4-5-2/h3H,1-2H3/b4-3-. The largest absolute Gasteiger partial charge is 0.399 e. The van der Waals surface area contributed by atoms with E-state index in [0.29, 0.717) is 0 Å². The van der Waals surface area contributed by atoms with E-state index in [9.17, 15) is 0 Å². The van der Waals surface area contributed by atoms with Gasteiger partial charge in [-0.15, -0.1) is 5.16 Å². The zero-order valence-corrected chi connectivity index (χ0v) is 3.43. The molecule has 0 aromatic heterocycles. The summed E-state index contributed by atoms with van der Waals surface area (Å²) in [4.78, 5) is 4.26. The molecule has 0 fully saturated rings. The molecule has 0 saturated heterocycles. The Hall–Kier alpha value is -0.530. The number of oxime groups is 1. The summed E-state index contributed by atoms with van der Waals surface area (Å²) in [5.74, 6) is 0. The lowest BCUT2D eigenvalue weighted by atomic mass is 10.9. The summed E-state index contributed by atoms with van der Waals surface area (Å²) in [7, 11) is 1.51. The van der Waals surface area contributed by atoms with E-state index >= 15 is 0 Å². The van der Waals surface area contributed by atoms with E-state index in [1.54, 1.807) is 13.1 Å². The first-order valence-electron chi connectivity index (χ1n) is 1.43. The zero-order chi connectivity index (χ0) is 4.12. The summed E-state index contributed by atoms with van der Waals surface area (Å²) in [6.45, 7) is 1.80. The lowest BCUT2D eigenvalue weighted by Crippen LogP contribution is -1.63. The first-order chi connectivity index (χ1) is 2.41. The van der Waals surface area contributed by atoms with Gasteiger partial charge in [-0.3, -0.25) is 0 Å². The fourth-order valence-electron chi connectivity index (χ4n) is 0.105. The zero-order valence-electron chi connectivity index (χ0n) is 3.43. The van der Waals surface area contributed by atoms with E-state index in [1.807, 2.05) is 0 Å². The molecule has 0 aliphatic rings. The fraction of sp³-hybridized carbons (Fsp3) is 0.667. The SMILES string of the molecule is C/C=N\OC. The lowest BCUT2D eigenvalue weighted by Gasteiger charge is -1.75. The summed E-state index contributed by atoms with van der Waals surface area (Å²) in [6, 6.07) is 0. The van der Waals surface area contributed by atoms with Crippen LogP contribution in [0.25, 0.3) is 0 Å². The number of hydrogen-bond donors (Lipinski definition) is 0. The molecule has 0 aromatic carbocycles. The first-order valence-corrected chi connectivity index (χ1v) is 1.43. The monoisotopic (exact) mass is 73.1 g/mol. The van der Waals surface area contributed by atoms with Gasteiger partial charge in [-0.1, -0.05) is 0 Å². The topological polar surface area (TPSA) is 21.6 Å². The van der Waals surface area contributed by atoms with Crippen LogP contribution in [0.3, 0.4) is 0 Å². The number of nitrogens with zero attached hydrogens (tertiary/aromatic N) is 1. The minimum absolute atomic E-state index is 1.51. The van der Waals surface area contributed by atoms with Gasteiger partial charge in [-0.25, -0.2) is 0 Å². The van der Waals surface area contributed by atoms with Crippen molar-refractivity contribution in [2.45, 2.75) is 6.92 Å². The third-order valence-corrected chi connectivity index (χ3v) is 0.211. The average Bonchev–Trinajstić information content (AvgIpc) is 1.41. The maximum Gasteiger partial charge on any atom is 0.106 e. The van der Waals surface area contributed by atoms with Crippen LogP contribution < -0.4 is 0 Å². The van der Waals surface area contributed by atoms with Crippen molar-refractivity contribution in [3.05, 3.63) is 0 Å². The van der Waals surface area contributed by atoms with Crippen molar-refractivity contribution >= 4 is 6.21 Å². The highest BCUT2D eigenvalue weighted by atomic mass is 16.6. The van der Waals surface area contributed by atoms with Gasteiger partial charge in [-0.05, 0) is 6.92 Å². The van der Waals surface area contributed by atoms with Gasteiger partial charge < -0.3 is 4.84 Å². The van der Waals surface area contributed by atoms with E-state index in [1.165, 1.54) is 7.11 Å². The van der Waals surface area contributed by atoms with Gasteiger partial charge in [0.05, 0.1) is 0 Å². The normalized spacial score (nSPS) is 9.20. The van der Waals surface area contributed by atoms with Gasteiger partial charge in [0.25, 0.3) is 0 Å². The third kappa shape index (κ3) is 3.47. The molecular formula is C3H7NO. The van der Waals surface area contributed by atoms with Crippen molar-refractivity contribution in [2.24, 2.45) is 5.16 Å². The molecule has 2 heteroatoms. The van der Waals surface area contributed by atoms with Crippen molar-refractivity contribution in [2.75, 3.05) is 7.11 Å². The number of rotatable bonds is 1. The molecule has 0 rings (SSSR count). The Labute approximate surface area is 31.4 Å².